The molecule has 4 heteroatoms. The zero-order valence-corrected chi connectivity index (χ0v) is 12.7. The van der Waals surface area contributed by atoms with Crippen molar-refractivity contribution in [3.63, 3.8) is 0 Å². The van der Waals surface area contributed by atoms with Gasteiger partial charge >= 0.3 is 0 Å². The molecule has 0 radical (unpaired) electrons. The van der Waals surface area contributed by atoms with Gasteiger partial charge < -0.3 is 20.3 Å². The molecule has 1 aliphatic heterocycles. The van der Waals surface area contributed by atoms with E-state index >= 15 is 0 Å². The quantitative estimate of drug-likeness (QED) is 0.801. The van der Waals surface area contributed by atoms with Gasteiger partial charge in [0, 0.05) is 38.8 Å². The molecule has 2 N–H and O–H groups in total. The maximum absolute atomic E-state index is 5.77. The molecule has 2 rings (SSSR count). The van der Waals surface area contributed by atoms with Crippen LogP contribution in [-0.2, 0) is 6.54 Å². The van der Waals surface area contributed by atoms with Crippen LogP contribution >= 0.6 is 0 Å². The molecule has 0 spiro atoms. The van der Waals surface area contributed by atoms with E-state index in [1.54, 1.807) is 0 Å². The summed E-state index contributed by atoms with van der Waals surface area (Å²) >= 11 is 0. The number of hydrogen-bond acceptors (Lipinski definition) is 4. The Morgan fingerprint density at radius 1 is 1.25 bits per heavy atom. The number of nitrogens with two attached hydrogens (primary N) is 1. The molecule has 1 saturated heterocycles. The molecule has 1 heterocycles. The minimum atomic E-state index is 0.585. The maximum Gasteiger partial charge on any atom is 0.119 e. The second-order valence-corrected chi connectivity index (χ2v) is 5.68. The van der Waals surface area contributed by atoms with Crippen molar-refractivity contribution in [3.05, 3.63) is 29.8 Å². The van der Waals surface area contributed by atoms with Crippen molar-refractivity contribution in [2.45, 2.75) is 25.9 Å². The Balaban J connectivity index is 1.63. The first-order chi connectivity index (χ1) is 9.69. The van der Waals surface area contributed by atoms with Crippen LogP contribution < -0.4 is 10.5 Å². The van der Waals surface area contributed by atoms with Crippen molar-refractivity contribution in [2.75, 3.05) is 39.8 Å². The standard InChI is InChI=1S/C16H27N3O/c1-14-13-19(10-9-18(14)2)8-3-11-20-16-6-4-15(12-17)5-7-16/h4-7,14H,3,8-13,17H2,1-2H3. The Morgan fingerprint density at radius 2 is 2.00 bits per heavy atom. The topological polar surface area (TPSA) is 41.7 Å². The van der Waals surface area contributed by atoms with Crippen LogP contribution in [0, 0.1) is 0 Å². The van der Waals surface area contributed by atoms with Crippen molar-refractivity contribution >= 4 is 0 Å². The Kier molecular flexibility index (Phi) is 5.83. The highest BCUT2D eigenvalue weighted by atomic mass is 16.5. The number of nitrogens with zero attached hydrogens (tertiary/aromatic N) is 2. The molecular weight excluding hydrogens is 250 g/mol. The van der Waals surface area contributed by atoms with E-state index in [1.165, 1.54) is 19.6 Å². The second-order valence-electron chi connectivity index (χ2n) is 5.68. The Bertz CT molecular complexity index is 393. The summed E-state index contributed by atoms with van der Waals surface area (Å²) in [5.74, 6) is 0.939. The molecule has 20 heavy (non-hydrogen) atoms. The molecule has 4 nitrogen and oxygen atoms in total. The van der Waals surface area contributed by atoms with Gasteiger partial charge in [0.2, 0.25) is 0 Å². The molecule has 112 valence electrons. The lowest BCUT2D eigenvalue weighted by molar-refractivity contribution is 0.100. The largest absolute Gasteiger partial charge is 0.494 e. The first-order valence-electron chi connectivity index (χ1n) is 7.53. The normalized spacial score (nSPS) is 21.1. The average Bonchev–Trinajstić information content (AvgIpc) is 2.48. The Labute approximate surface area is 122 Å². The van der Waals surface area contributed by atoms with E-state index < -0.39 is 0 Å². The number of ether oxygens (including phenoxy) is 1. The number of likely N-dealkylation sites (N-methyl/N-ethyl adjacent to an activating group) is 1. The molecule has 1 fully saturated rings. The van der Waals surface area contributed by atoms with Crippen LogP contribution in [0.25, 0.3) is 0 Å². The Hall–Kier alpha value is -1.10. The first kappa shape index (κ1) is 15.3. The summed E-state index contributed by atoms with van der Waals surface area (Å²) in [5.41, 5.74) is 6.72. The minimum absolute atomic E-state index is 0.585. The lowest BCUT2D eigenvalue weighted by Crippen LogP contribution is -2.50. The summed E-state index contributed by atoms with van der Waals surface area (Å²) in [7, 11) is 2.20. The van der Waals surface area contributed by atoms with Crippen LogP contribution in [0.4, 0.5) is 0 Å². The van der Waals surface area contributed by atoms with Gasteiger partial charge in [-0.15, -0.1) is 0 Å². The molecule has 1 atom stereocenters. The zero-order chi connectivity index (χ0) is 14.4. The van der Waals surface area contributed by atoms with Crippen LogP contribution in [0.15, 0.2) is 24.3 Å². The summed E-state index contributed by atoms with van der Waals surface area (Å²) in [4.78, 5) is 4.96. The number of hydrogen-bond donors (Lipinski definition) is 1. The van der Waals surface area contributed by atoms with Crippen molar-refractivity contribution in [3.8, 4) is 5.75 Å². The summed E-state index contributed by atoms with van der Waals surface area (Å²) in [6.07, 6.45) is 1.08. The maximum atomic E-state index is 5.77. The fourth-order valence-electron chi connectivity index (χ4n) is 2.53. The van der Waals surface area contributed by atoms with E-state index in [0.717, 1.165) is 30.9 Å². The summed E-state index contributed by atoms with van der Waals surface area (Å²) in [6.45, 7) is 8.29. The van der Waals surface area contributed by atoms with Crippen molar-refractivity contribution in [1.29, 1.82) is 0 Å². The molecule has 0 saturated carbocycles. The number of piperazine rings is 1. The SMILES string of the molecule is CC1CN(CCCOc2ccc(CN)cc2)CCN1C. The van der Waals surface area contributed by atoms with Crippen LogP contribution in [0.2, 0.25) is 0 Å². The van der Waals surface area contributed by atoms with Gasteiger partial charge in [-0.2, -0.15) is 0 Å². The van der Waals surface area contributed by atoms with E-state index in [4.69, 9.17) is 10.5 Å². The molecule has 1 unspecified atom stereocenters. The molecule has 1 aromatic rings. The third-order valence-electron chi connectivity index (χ3n) is 4.09. The van der Waals surface area contributed by atoms with Gasteiger partial charge in [-0.1, -0.05) is 12.1 Å². The highest BCUT2D eigenvalue weighted by molar-refractivity contribution is 5.26. The van der Waals surface area contributed by atoms with Gasteiger partial charge in [0.05, 0.1) is 6.61 Å². The highest BCUT2D eigenvalue weighted by Crippen LogP contribution is 2.12. The van der Waals surface area contributed by atoms with E-state index in [0.29, 0.717) is 12.6 Å². The van der Waals surface area contributed by atoms with Gasteiger partial charge in [0.25, 0.3) is 0 Å². The van der Waals surface area contributed by atoms with Crippen molar-refractivity contribution in [1.82, 2.24) is 9.80 Å². The summed E-state index contributed by atoms with van der Waals surface area (Å²) in [5, 5.41) is 0. The van der Waals surface area contributed by atoms with Gasteiger partial charge in [0.15, 0.2) is 0 Å². The fourth-order valence-corrected chi connectivity index (χ4v) is 2.53. The smallest absolute Gasteiger partial charge is 0.119 e. The monoisotopic (exact) mass is 277 g/mol. The third kappa shape index (κ3) is 4.47. The molecule has 1 aliphatic rings. The molecule has 0 bridgehead atoms. The van der Waals surface area contributed by atoms with Crippen molar-refractivity contribution in [2.24, 2.45) is 5.73 Å². The summed E-state index contributed by atoms with van der Waals surface area (Å²) < 4.78 is 5.77. The van der Waals surface area contributed by atoms with Crippen molar-refractivity contribution < 1.29 is 4.74 Å². The lowest BCUT2D eigenvalue weighted by atomic mass is 10.2. The van der Waals surface area contributed by atoms with Gasteiger partial charge in [-0.05, 0) is 38.1 Å². The molecule has 0 aromatic heterocycles. The van der Waals surface area contributed by atoms with Crippen LogP contribution in [0.3, 0.4) is 0 Å². The van der Waals surface area contributed by atoms with Crippen LogP contribution in [0.1, 0.15) is 18.9 Å². The predicted molar refractivity (Wildman–Crippen MR) is 83.0 cm³/mol. The molecule has 0 aliphatic carbocycles. The van der Waals surface area contributed by atoms with E-state index in [9.17, 15) is 0 Å². The van der Waals surface area contributed by atoms with Crippen LogP contribution in [0.5, 0.6) is 5.75 Å². The lowest BCUT2D eigenvalue weighted by Gasteiger charge is -2.37. The summed E-state index contributed by atoms with van der Waals surface area (Å²) in [6, 6.07) is 8.71. The van der Waals surface area contributed by atoms with E-state index in [-0.39, 0.29) is 0 Å². The molecule has 0 amide bonds. The van der Waals surface area contributed by atoms with Gasteiger partial charge in [-0.3, -0.25) is 0 Å². The second kappa shape index (κ2) is 7.62. The zero-order valence-electron chi connectivity index (χ0n) is 12.7. The number of benzene rings is 1. The Morgan fingerprint density at radius 3 is 2.65 bits per heavy atom. The van der Waals surface area contributed by atoms with Gasteiger partial charge in [0.1, 0.15) is 5.75 Å². The number of rotatable bonds is 6. The molecule has 1 aromatic carbocycles. The first-order valence-corrected chi connectivity index (χ1v) is 7.53. The average molecular weight is 277 g/mol. The van der Waals surface area contributed by atoms with Gasteiger partial charge in [-0.25, -0.2) is 0 Å². The van der Waals surface area contributed by atoms with E-state index in [2.05, 4.69) is 23.8 Å². The van der Waals surface area contributed by atoms with Crippen LogP contribution in [-0.4, -0.2) is 55.7 Å². The highest BCUT2D eigenvalue weighted by Gasteiger charge is 2.19. The third-order valence-corrected chi connectivity index (χ3v) is 4.09. The minimum Gasteiger partial charge on any atom is -0.494 e. The fraction of sp³-hybridized carbons (Fsp3) is 0.625. The molecular formula is C16H27N3O. The van der Waals surface area contributed by atoms with E-state index in [1.807, 2.05) is 24.3 Å². The predicted octanol–water partition coefficient (Wildman–Crippen LogP) is 1.55.